The Kier molecular flexibility index (Phi) is 4.14. The Bertz CT molecular complexity index is 724. The van der Waals surface area contributed by atoms with E-state index in [1.807, 2.05) is 32.0 Å². The Morgan fingerprint density at radius 1 is 1.43 bits per heavy atom. The number of amides is 2. The third-order valence-corrected chi connectivity index (χ3v) is 4.16. The van der Waals surface area contributed by atoms with E-state index < -0.39 is 6.04 Å². The highest BCUT2D eigenvalue weighted by Crippen LogP contribution is 2.18. The number of nitrogens with zero attached hydrogens (tertiary/aromatic N) is 3. The normalized spacial score (nSPS) is 17.6. The zero-order valence-corrected chi connectivity index (χ0v) is 13.3. The predicted octanol–water partition coefficient (Wildman–Crippen LogP) is 1.53. The summed E-state index contributed by atoms with van der Waals surface area (Å²) in [6.45, 7) is 5.26. The van der Waals surface area contributed by atoms with Gasteiger partial charge in [0.05, 0.1) is 17.6 Å². The van der Waals surface area contributed by atoms with Crippen LogP contribution in [0.25, 0.3) is 5.69 Å². The Balaban J connectivity index is 1.85. The molecule has 1 aliphatic heterocycles. The average Bonchev–Trinajstić information content (AvgIpc) is 3.18. The van der Waals surface area contributed by atoms with Crippen molar-refractivity contribution in [2.24, 2.45) is 0 Å². The van der Waals surface area contributed by atoms with E-state index in [9.17, 15) is 9.59 Å². The summed E-state index contributed by atoms with van der Waals surface area (Å²) in [5.41, 5.74) is 2.29. The highest BCUT2D eigenvalue weighted by Gasteiger charge is 2.32. The van der Waals surface area contributed by atoms with Gasteiger partial charge in [-0.3, -0.25) is 9.59 Å². The lowest BCUT2D eigenvalue weighted by Gasteiger charge is -2.16. The average molecular weight is 312 g/mol. The lowest BCUT2D eigenvalue weighted by Crippen LogP contribution is -2.41. The van der Waals surface area contributed by atoms with Gasteiger partial charge in [0.2, 0.25) is 5.91 Å². The monoisotopic (exact) mass is 312 g/mol. The molecule has 2 heterocycles. The second-order valence-electron chi connectivity index (χ2n) is 5.72. The molecule has 0 aliphatic carbocycles. The molecule has 3 rings (SSSR count). The van der Waals surface area contributed by atoms with Gasteiger partial charge in [-0.2, -0.15) is 0 Å². The maximum absolute atomic E-state index is 12.7. The van der Waals surface area contributed by atoms with E-state index in [1.54, 1.807) is 28.2 Å². The first-order valence-electron chi connectivity index (χ1n) is 7.78. The molecule has 1 atom stereocenters. The van der Waals surface area contributed by atoms with E-state index in [1.165, 1.54) is 0 Å². The SMILES string of the molecule is CCN1CCC(NC(=O)c2cc(C)ccc2-n2ccnc2)C1=O. The van der Waals surface area contributed by atoms with Gasteiger partial charge in [0, 0.05) is 25.5 Å². The summed E-state index contributed by atoms with van der Waals surface area (Å²) in [4.78, 5) is 30.7. The first-order valence-corrected chi connectivity index (χ1v) is 7.78. The van der Waals surface area contributed by atoms with Crippen LogP contribution in [0.5, 0.6) is 0 Å². The smallest absolute Gasteiger partial charge is 0.254 e. The molecular weight excluding hydrogens is 292 g/mol. The fraction of sp³-hybridized carbons (Fsp3) is 0.353. The summed E-state index contributed by atoms with van der Waals surface area (Å²) in [7, 11) is 0. The lowest BCUT2D eigenvalue weighted by molar-refractivity contribution is -0.129. The van der Waals surface area contributed by atoms with Gasteiger partial charge in [-0.1, -0.05) is 11.6 Å². The van der Waals surface area contributed by atoms with Crippen molar-refractivity contribution >= 4 is 11.8 Å². The Labute approximate surface area is 135 Å². The van der Waals surface area contributed by atoms with Crippen LogP contribution in [0.1, 0.15) is 29.3 Å². The van der Waals surface area contributed by atoms with Gasteiger partial charge in [-0.15, -0.1) is 0 Å². The number of rotatable bonds is 4. The number of aryl methyl sites for hydroxylation is 1. The zero-order valence-electron chi connectivity index (χ0n) is 13.3. The van der Waals surface area contributed by atoms with Crippen molar-refractivity contribution in [1.29, 1.82) is 0 Å². The molecule has 0 spiro atoms. The summed E-state index contributed by atoms with van der Waals surface area (Å²) >= 11 is 0. The van der Waals surface area contributed by atoms with Crippen LogP contribution in [0.3, 0.4) is 0 Å². The number of hydrogen-bond acceptors (Lipinski definition) is 3. The van der Waals surface area contributed by atoms with Crippen LogP contribution in [0.15, 0.2) is 36.9 Å². The molecule has 0 saturated carbocycles. The molecule has 1 aromatic heterocycles. The highest BCUT2D eigenvalue weighted by atomic mass is 16.2. The molecule has 1 fully saturated rings. The number of benzene rings is 1. The molecule has 2 aromatic rings. The van der Waals surface area contributed by atoms with Crippen molar-refractivity contribution in [2.45, 2.75) is 26.3 Å². The molecule has 6 nitrogen and oxygen atoms in total. The minimum absolute atomic E-state index is 0.00214. The molecule has 1 saturated heterocycles. The van der Waals surface area contributed by atoms with Gasteiger partial charge < -0.3 is 14.8 Å². The number of carbonyl (C=O) groups excluding carboxylic acids is 2. The Morgan fingerprint density at radius 3 is 2.91 bits per heavy atom. The van der Waals surface area contributed by atoms with Crippen LogP contribution in [-0.4, -0.2) is 45.4 Å². The first-order chi connectivity index (χ1) is 11.1. The molecule has 120 valence electrons. The molecular formula is C17H20N4O2. The van der Waals surface area contributed by atoms with Gasteiger partial charge in [0.25, 0.3) is 5.91 Å². The van der Waals surface area contributed by atoms with Crippen LogP contribution in [0.4, 0.5) is 0 Å². The first kappa shape index (κ1) is 15.3. The van der Waals surface area contributed by atoms with E-state index in [0.717, 1.165) is 11.3 Å². The molecule has 1 aliphatic rings. The number of imidazole rings is 1. The molecule has 1 aromatic carbocycles. The lowest BCUT2D eigenvalue weighted by atomic mass is 10.1. The molecule has 2 amide bonds. The van der Waals surface area contributed by atoms with Crippen LogP contribution in [0, 0.1) is 6.92 Å². The topological polar surface area (TPSA) is 67.2 Å². The van der Waals surface area contributed by atoms with Gasteiger partial charge in [0.15, 0.2) is 0 Å². The molecule has 1 unspecified atom stereocenters. The molecule has 1 N–H and O–H groups in total. The van der Waals surface area contributed by atoms with Crippen molar-refractivity contribution in [1.82, 2.24) is 19.8 Å². The Hall–Kier alpha value is -2.63. The van der Waals surface area contributed by atoms with Crippen LogP contribution >= 0.6 is 0 Å². The standard InChI is InChI=1S/C17H20N4O2/c1-3-20-8-6-14(17(20)23)19-16(22)13-10-12(2)4-5-15(13)21-9-7-18-11-21/h4-5,7,9-11,14H,3,6,8H2,1-2H3,(H,19,22). The molecule has 23 heavy (non-hydrogen) atoms. The maximum atomic E-state index is 12.7. The minimum atomic E-state index is -0.432. The van der Waals surface area contributed by atoms with Gasteiger partial charge in [0.1, 0.15) is 6.04 Å². The second-order valence-corrected chi connectivity index (χ2v) is 5.72. The third-order valence-electron chi connectivity index (χ3n) is 4.16. The summed E-state index contributed by atoms with van der Waals surface area (Å²) < 4.78 is 1.79. The fourth-order valence-electron chi connectivity index (χ4n) is 2.88. The maximum Gasteiger partial charge on any atom is 0.254 e. The molecule has 6 heteroatoms. The summed E-state index contributed by atoms with van der Waals surface area (Å²) in [6.07, 6.45) is 5.77. The second kappa shape index (κ2) is 6.24. The highest BCUT2D eigenvalue weighted by molar-refractivity contribution is 6.00. The number of nitrogens with one attached hydrogen (secondary N) is 1. The summed E-state index contributed by atoms with van der Waals surface area (Å²) in [5, 5.41) is 2.87. The van der Waals surface area contributed by atoms with Crippen LogP contribution in [0.2, 0.25) is 0 Å². The van der Waals surface area contributed by atoms with E-state index in [0.29, 0.717) is 25.1 Å². The minimum Gasteiger partial charge on any atom is -0.341 e. The summed E-state index contributed by atoms with van der Waals surface area (Å²) in [6, 6.07) is 5.24. The van der Waals surface area contributed by atoms with Crippen molar-refractivity contribution in [3.63, 3.8) is 0 Å². The van der Waals surface area contributed by atoms with Crippen molar-refractivity contribution in [3.8, 4) is 5.69 Å². The van der Waals surface area contributed by atoms with E-state index >= 15 is 0 Å². The zero-order chi connectivity index (χ0) is 16.4. The Morgan fingerprint density at radius 2 is 2.26 bits per heavy atom. The number of carbonyl (C=O) groups is 2. The number of aromatic nitrogens is 2. The van der Waals surface area contributed by atoms with Crippen LogP contribution in [-0.2, 0) is 4.79 Å². The number of hydrogen-bond donors (Lipinski definition) is 1. The van der Waals surface area contributed by atoms with Crippen molar-refractivity contribution < 1.29 is 9.59 Å². The fourth-order valence-corrected chi connectivity index (χ4v) is 2.88. The third kappa shape index (κ3) is 2.97. The van der Waals surface area contributed by atoms with E-state index in [4.69, 9.17) is 0 Å². The number of likely N-dealkylation sites (N-methyl/N-ethyl adjacent to an activating group) is 1. The van der Waals surface area contributed by atoms with E-state index in [2.05, 4.69) is 10.3 Å². The quantitative estimate of drug-likeness (QED) is 0.931. The van der Waals surface area contributed by atoms with Crippen molar-refractivity contribution in [3.05, 3.63) is 48.0 Å². The van der Waals surface area contributed by atoms with Crippen molar-refractivity contribution in [2.75, 3.05) is 13.1 Å². The van der Waals surface area contributed by atoms with Crippen LogP contribution < -0.4 is 5.32 Å². The van der Waals surface area contributed by atoms with Gasteiger partial charge in [-0.05, 0) is 32.4 Å². The molecule has 0 radical (unpaired) electrons. The van der Waals surface area contributed by atoms with E-state index in [-0.39, 0.29) is 11.8 Å². The summed E-state index contributed by atoms with van der Waals surface area (Å²) in [5.74, 6) is -0.230. The number of likely N-dealkylation sites (tertiary alicyclic amines) is 1. The predicted molar refractivity (Wildman–Crippen MR) is 86.4 cm³/mol. The van der Waals surface area contributed by atoms with Gasteiger partial charge >= 0.3 is 0 Å². The molecule has 0 bridgehead atoms. The largest absolute Gasteiger partial charge is 0.341 e. The van der Waals surface area contributed by atoms with Gasteiger partial charge in [-0.25, -0.2) is 4.98 Å².